The van der Waals surface area contributed by atoms with Gasteiger partial charge < -0.3 is 14.8 Å². The third-order valence-electron chi connectivity index (χ3n) is 2.27. The van der Waals surface area contributed by atoms with Crippen molar-refractivity contribution in [2.45, 2.75) is 6.54 Å². The molecule has 0 saturated carbocycles. The number of hydrogen-bond acceptors (Lipinski definition) is 6. The number of carboxylic acids is 1. The highest BCUT2D eigenvalue weighted by Crippen LogP contribution is 2.15. The standard InChI is InChI=1S/C11H9N3O5/c15-11(16)9-2-1-8(19-9)6-13-10-5-7(14(17)18)3-4-12-10/h1-5H,6H2,(H,12,13)(H,15,16). The topological polar surface area (TPSA) is 118 Å². The number of rotatable bonds is 5. The average Bonchev–Trinajstić information content (AvgIpc) is 2.85. The van der Waals surface area contributed by atoms with Crippen molar-refractivity contribution in [3.05, 3.63) is 52.1 Å². The van der Waals surface area contributed by atoms with Gasteiger partial charge in [0.2, 0.25) is 5.76 Å². The summed E-state index contributed by atoms with van der Waals surface area (Å²) in [5, 5.41) is 22.1. The molecule has 0 aromatic carbocycles. The highest BCUT2D eigenvalue weighted by molar-refractivity contribution is 5.84. The molecule has 2 aromatic heterocycles. The highest BCUT2D eigenvalue weighted by Gasteiger charge is 2.10. The van der Waals surface area contributed by atoms with Crippen LogP contribution in [0, 0.1) is 10.1 Å². The quantitative estimate of drug-likeness (QED) is 0.624. The Morgan fingerprint density at radius 3 is 2.89 bits per heavy atom. The van der Waals surface area contributed by atoms with Crippen molar-refractivity contribution in [2.24, 2.45) is 0 Å². The molecule has 2 rings (SSSR count). The van der Waals surface area contributed by atoms with Crippen LogP contribution < -0.4 is 5.32 Å². The van der Waals surface area contributed by atoms with Gasteiger partial charge in [-0.1, -0.05) is 0 Å². The molecule has 0 amide bonds. The van der Waals surface area contributed by atoms with Gasteiger partial charge >= 0.3 is 5.97 Å². The van der Waals surface area contributed by atoms with Gasteiger partial charge in [0.25, 0.3) is 5.69 Å². The number of aromatic nitrogens is 1. The predicted octanol–water partition coefficient (Wildman–Crippen LogP) is 1.89. The number of carbonyl (C=O) groups is 1. The lowest BCUT2D eigenvalue weighted by Crippen LogP contribution is -2.01. The van der Waals surface area contributed by atoms with E-state index in [1.807, 2.05) is 0 Å². The number of furan rings is 1. The number of nitrogens with zero attached hydrogens (tertiary/aromatic N) is 2. The SMILES string of the molecule is O=C(O)c1ccc(CNc2cc([N+](=O)[O-])ccn2)o1. The molecule has 2 N–H and O–H groups in total. The van der Waals surface area contributed by atoms with Crippen molar-refractivity contribution in [1.29, 1.82) is 0 Å². The van der Waals surface area contributed by atoms with E-state index in [9.17, 15) is 14.9 Å². The summed E-state index contributed by atoms with van der Waals surface area (Å²) in [7, 11) is 0. The number of hydrogen-bond donors (Lipinski definition) is 2. The first-order valence-corrected chi connectivity index (χ1v) is 5.22. The van der Waals surface area contributed by atoms with Crippen LogP contribution in [0.25, 0.3) is 0 Å². The molecule has 2 heterocycles. The molecule has 0 aliphatic carbocycles. The second-order valence-corrected chi connectivity index (χ2v) is 3.58. The molecule has 8 heteroatoms. The molecule has 0 atom stereocenters. The largest absolute Gasteiger partial charge is 0.475 e. The molecule has 2 aromatic rings. The van der Waals surface area contributed by atoms with Crippen LogP contribution in [0.3, 0.4) is 0 Å². The summed E-state index contributed by atoms with van der Waals surface area (Å²) in [6, 6.07) is 5.40. The van der Waals surface area contributed by atoms with Crippen molar-refractivity contribution in [3.8, 4) is 0 Å². The number of nitrogens with one attached hydrogen (secondary N) is 1. The Bertz CT molecular complexity index is 622. The summed E-state index contributed by atoms with van der Waals surface area (Å²) in [6.45, 7) is 0.182. The Morgan fingerprint density at radius 1 is 1.47 bits per heavy atom. The smallest absolute Gasteiger partial charge is 0.371 e. The van der Waals surface area contributed by atoms with E-state index in [2.05, 4.69) is 10.3 Å². The van der Waals surface area contributed by atoms with E-state index in [4.69, 9.17) is 9.52 Å². The summed E-state index contributed by atoms with van der Waals surface area (Å²) < 4.78 is 5.02. The van der Waals surface area contributed by atoms with Crippen LogP contribution >= 0.6 is 0 Å². The summed E-state index contributed by atoms with van der Waals surface area (Å²) in [6.07, 6.45) is 1.31. The van der Waals surface area contributed by atoms with Crippen LogP contribution in [0.2, 0.25) is 0 Å². The lowest BCUT2D eigenvalue weighted by Gasteiger charge is -2.02. The van der Waals surface area contributed by atoms with Crippen molar-refractivity contribution in [3.63, 3.8) is 0 Å². The second-order valence-electron chi connectivity index (χ2n) is 3.58. The van der Waals surface area contributed by atoms with E-state index >= 15 is 0 Å². The van der Waals surface area contributed by atoms with E-state index in [1.54, 1.807) is 0 Å². The molecule has 0 spiro atoms. The Balaban J connectivity index is 2.03. The molecular formula is C11H9N3O5. The molecule has 98 valence electrons. The fourth-order valence-electron chi connectivity index (χ4n) is 1.40. The third-order valence-corrected chi connectivity index (χ3v) is 2.27. The lowest BCUT2D eigenvalue weighted by atomic mass is 10.4. The number of aromatic carboxylic acids is 1. The van der Waals surface area contributed by atoms with E-state index in [-0.39, 0.29) is 18.0 Å². The lowest BCUT2D eigenvalue weighted by molar-refractivity contribution is -0.384. The van der Waals surface area contributed by atoms with Crippen molar-refractivity contribution < 1.29 is 19.2 Å². The molecule has 0 aliphatic heterocycles. The van der Waals surface area contributed by atoms with Crippen LogP contribution in [0.5, 0.6) is 0 Å². The third kappa shape index (κ3) is 3.06. The zero-order valence-electron chi connectivity index (χ0n) is 9.57. The van der Waals surface area contributed by atoms with Gasteiger partial charge in [0.05, 0.1) is 17.5 Å². The van der Waals surface area contributed by atoms with Gasteiger partial charge in [0.15, 0.2) is 0 Å². The van der Waals surface area contributed by atoms with E-state index in [0.29, 0.717) is 11.6 Å². The van der Waals surface area contributed by atoms with Gasteiger partial charge in [-0.25, -0.2) is 9.78 Å². The first kappa shape index (κ1) is 12.6. The Labute approximate surface area is 106 Å². The Kier molecular flexibility index (Phi) is 3.42. The normalized spacial score (nSPS) is 10.1. The molecular weight excluding hydrogens is 254 g/mol. The number of nitro groups is 1. The van der Waals surface area contributed by atoms with Crippen LogP contribution in [-0.4, -0.2) is 21.0 Å². The number of carboxylic acid groups (broad SMARTS) is 1. The Hall–Kier alpha value is -2.90. The maximum absolute atomic E-state index is 10.6. The van der Waals surface area contributed by atoms with Gasteiger partial charge in [0.1, 0.15) is 11.6 Å². The van der Waals surface area contributed by atoms with Crippen LogP contribution in [-0.2, 0) is 6.54 Å². The van der Waals surface area contributed by atoms with Gasteiger partial charge in [-0.2, -0.15) is 0 Å². The summed E-state index contributed by atoms with van der Waals surface area (Å²) in [4.78, 5) is 24.6. The van der Waals surface area contributed by atoms with E-state index in [0.717, 1.165) is 0 Å². The molecule has 0 saturated heterocycles. The maximum Gasteiger partial charge on any atom is 0.371 e. The zero-order chi connectivity index (χ0) is 13.8. The monoisotopic (exact) mass is 263 g/mol. The summed E-state index contributed by atoms with van der Waals surface area (Å²) >= 11 is 0. The van der Waals surface area contributed by atoms with Crippen molar-refractivity contribution in [2.75, 3.05) is 5.32 Å². The average molecular weight is 263 g/mol. The summed E-state index contributed by atoms with van der Waals surface area (Å²) in [5.41, 5.74) is -0.0804. The first-order chi connectivity index (χ1) is 9.06. The zero-order valence-corrected chi connectivity index (χ0v) is 9.57. The molecule has 19 heavy (non-hydrogen) atoms. The second kappa shape index (κ2) is 5.17. The molecule has 0 radical (unpaired) electrons. The fraction of sp³-hybridized carbons (Fsp3) is 0.0909. The predicted molar refractivity (Wildman–Crippen MR) is 63.9 cm³/mol. The Morgan fingerprint density at radius 2 is 2.26 bits per heavy atom. The minimum Gasteiger partial charge on any atom is -0.475 e. The van der Waals surface area contributed by atoms with Crippen molar-refractivity contribution >= 4 is 17.5 Å². The highest BCUT2D eigenvalue weighted by atomic mass is 16.6. The van der Waals surface area contributed by atoms with Gasteiger partial charge in [-0.3, -0.25) is 10.1 Å². The fourth-order valence-corrected chi connectivity index (χ4v) is 1.40. The molecule has 0 aliphatic rings. The van der Waals surface area contributed by atoms with E-state index < -0.39 is 10.9 Å². The minimum atomic E-state index is -1.15. The number of anilines is 1. The molecule has 0 bridgehead atoms. The molecule has 8 nitrogen and oxygen atoms in total. The van der Waals surface area contributed by atoms with Crippen LogP contribution in [0.1, 0.15) is 16.3 Å². The summed E-state index contributed by atoms with van der Waals surface area (Å²) in [5.74, 6) is -0.614. The molecule has 0 unspecified atom stereocenters. The number of pyridine rings is 1. The molecule has 0 fully saturated rings. The van der Waals surface area contributed by atoms with Crippen LogP contribution in [0.4, 0.5) is 11.5 Å². The van der Waals surface area contributed by atoms with Crippen LogP contribution in [0.15, 0.2) is 34.9 Å². The van der Waals surface area contributed by atoms with Gasteiger partial charge in [-0.15, -0.1) is 0 Å². The van der Waals surface area contributed by atoms with Gasteiger partial charge in [-0.05, 0) is 12.1 Å². The van der Waals surface area contributed by atoms with Gasteiger partial charge in [0, 0.05) is 12.3 Å². The first-order valence-electron chi connectivity index (χ1n) is 5.22. The maximum atomic E-state index is 10.6. The minimum absolute atomic E-state index is 0.0804. The van der Waals surface area contributed by atoms with Crippen molar-refractivity contribution in [1.82, 2.24) is 4.98 Å². The van der Waals surface area contributed by atoms with E-state index in [1.165, 1.54) is 30.5 Å².